The van der Waals surface area contributed by atoms with Crippen LogP contribution in [0.3, 0.4) is 0 Å². The molecule has 3 rings (SSSR count). The molecule has 0 aliphatic heterocycles. The number of hydrogen-bond acceptors (Lipinski definition) is 9. The van der Waals surface area contributed by atoms with Gasteiger partial charge in [-0.2, -0.15) is 24.7 Å². The molecule has 0 aliphatic rings. The molecule has 3 aromatic heterocycles. The molecule has 3 heterocycles. The lowest BCUT2D eigenvalue weighted by Gasteiger charge is -2.05. The molecule has 0 radical (unpaired) electrons. The molecule has 0 aliphatic carbocycles. The van der Waals surface area contributed by atoms with Crippen molar-refractivity contribution in [3.8, 4) is 5.95 Å². The minimum atomic E-state index is -0.244. The first-order valence-electron chi connectivity index (χ1n) is 5.76. The second kappa shape index (κ2) is 5.66. The van der Waals surface area contributed by atoms with Crippen LogP contribution in [0, 0.1) is 0 Å². The highest BCUT2D eigenvalue weighted by molar-refractivity contribution is 7.99. The van der Waals surface area contributed by atoms with Crippen LogP contribution in [0.1, 0.15) is 0 Å². The van der Waals surface area contributed by atoms with Crippen molar-refractivity contribution in [1.82, 2.24) is 39.7 Å². The average Bonchev–Trinajstić information content (AvgIpc) is 3.01. The minimum Gasteiger partial charge on any atom is -0.357 e. The number of anilines is 1. The quantitative estimate of drug-likeness (QED) is 0.626. The molecule has 11 heteroatoms. The van der Waals surface area contributed by atoms with E-state index in [0.29, 0.717) is 22.2 Å². The maximum Gasteiger partial charge on any atom is 0.257 e. The van der Waals surface area contributed by atoms with Gasteiger partial charge in [-0.1, -0.05) is 0 Å². The largest absolute Gasteiger partial charge is 0.357 e. The number of aromatic amines is 1. The van der Waals surface area contributed by atoms with E-state index in [1.54, 1.807) is 7.05 Å². The van der Waals surface area contributed by atoms with Crippen LogP contribution in [0.2, 0.25) is 0 Å². The van der Waals surface area contributed by atoms with E-state index in [9.17, 15) is 4.79 Å². The van der Waals surface area contributed by atoms with Gasteiger partial charge < -0.3 is 10.3 Å². The van der Waals surface area contributed by atoms with Crippen molar-refractivity contribution in [1.29, 1.82) is 0 Å². The van der Waals surface area contributed by atoms with Gasteiger partial charge in [0.25, 0.3) is 11.5 Å². The first-order chi connectivity index (χ1) is 10.2. The van der Waals surface area contributed by atoms with Gasteiger partial charge in [0.1, 0.15) is 12.7 Å². The Morgan fingerprint density at radius 3 is 2.95 bits per heavy atom. The van der Waals surface area contributed by atoms with Gasteiger partial charge in [-0.25, -0.2) is 9.97 Å². The second-order valence-corrected chi connectivity index (χ2v) is 4.63. The molecule has 106 valence electrons. The third-order valence-corrected chi connectivity index (χ3v) is 3.05. The maximum atomic E-state index is 11.3. The van der Waals surface area contributed by atoms with Gasteiger partial charge >= 0.3 is 0 Å². The fraction of sp³-hybridized carbons (Fsp3) is 0.100. The molecular weight excluding hydrogens is 294 g/mol. The van der Waals surface area contributed by atoms with Crippen LogP contribution in [0.4, 0.5) is 5.95 Å². The van der Waals surface area contributed by atoms with E-state index in [1.165, 1.54) is 29.6 Å². The van der Waals surface area contributed by atoms with Gasteiger partial charge in [0, 0.05) is 19.3 Å². The number of H-pyrrole nitrogens is 1. The standard InChI is InChI=1S/C10H9N9OS/c1-11-7-16-8(19-5-12-4-14-19)18-10(17-7)21-9-13-3-2-6(20)15-9/h2-5H,1H3,(H,13,15,20)(H,11,16,17,18). The van der Waals surface area contributed by atoms with Crippen LogP contribution in [0.25, 0.3) is 5.95 Å². The zero-order chi connectivity index (χ0) is 14.7. The Morgan fingerprint density at radius 2 is 2.24 bits per heavy atom. The smallest absolute Gasteiger partial charge is 0.257 e. The first-order valence-corrected chi connectivity index (χ1v) is 6.58. The Kier molecular flexibility index (Phi) is 3.55. The van der Waals surface area contributed by atoms with E-state index in [2.05, 4.69) is 40.3 Å². The molecule has 0 saturated carbocycles. The highest BCUT2D eigenvalue weighted by Crippen LogP contribution is 2.20. The molecule has 0 aromatic carbocycles. The van der Waals surface area contributed by atoms with Gasteiger partial charge in [0.15, 0.2) is 5.16 Å². The van der Waals surface area contributed by atoms with E-state index in [4.69, 9.17) is 0 Å². The highest BCUT2D eigenvalue weighted by atomic mass is 32.2. The summed E-state index contributed by atoms with van der Waals surface area (Å²) in [5.41, 5.74) is -0.244. The summed E-state index contributed by atoms with van der Waals surface area (Å²) >= 11 is 1.11. The van der Waals surface area contributed by atoms with Gasteiger partial charge in [-0.15, -0.1) is 0 Å². The Bertz CT molecular complexity index is 800. The zero-order valence-corrected chi connectivity index (χ0v) is 11.6. The Morgan fingerprint density at radius 1 is 1.33 bits per heavy atom. The molecule has 0 bridgehead atoms. The summed E-state index contributed by atoms with van der Waals surface area (Å²) in [4.78, 5) is 34.3. The minimum absolute atomic E-state index is 0.244. The summed E-state index contributed by atoms with van der Waals surface area (Å²) in [6.07, 6.45) is 4.28. The third kappa shape index (κ3) is 3.02. The first kappa shape index (κ1) is 13.2. The monoisotopic (exact) mass is 303 g/mol. The van der Waals surface area contributed by atoms with Crippen LogP contribution in [-0.4, -0.2) is 46.7 Å². The van der Waals surface area contributed by atoms with Gasteiger partial charge in [-0.3, -0.25) is 4.79 Å². The SMILES string of the molecule is CNc1nc(Sc2nccc(=O)[nH]2)nc(-n2cncn2)n1. The Hall–Kier alpha value is -2.82. The normalized spacial score (nSPS) is 10.5. The summed E-state index contributed by atoms with van der Waals surface area (Å²) in [6, 6.07) is 1.33. The van der Waals surface area contributed by atoms with Crippen molar-refractivity contribution in [3.05, 3.63) is 35.3 Å². The van der Waals surface area contributed by atoms with Crippen LogP contribution in [0.5, 0.6) is 0 Å². The van der Waals surface area contributed by atoms with Crippen molar-refractivity contribution in [2.24, 2.45) is 0 Å². The fourth-order valence-corrected chi connectivity index (χ4v) is 2.11. The second-order valence-electron chi connectivity index (χ2n) is 3.67. The summed E-state index contributed by atoms with van der Waals surface area (Å²) in [7, 11) is 1.69. The summed E-state index contributed by atoms with van der Waals surface area (Å²) < 4.78 is 1.41. The molecule has 2 N–H and O–H groups in total. The van der Waals surface area contributed by atoms with Gasteiger partial charge in [0.05, 0.1) is 0 Å². The molecular formula is C10H9N9OS. The number of aromatic nitrogens is 8. The van der Waals surface area contributed by atoms with Gasteiger partial charge in [-0.05, 0) is 11.8 Å². The third-order valence-electron chi connectivity index (χ3n) is 2.29. The lowest BCUT2D eigenvalue weighted by Crippen LogP contribution is -2.09. The van der Waals surface area contributed by atoms with E-state index >= 15 is 0 Å². The molecule has 0 fully saturated rings. The predicted octanol–water partition coefficient (Wildman–Crippen LogP) is -0.272. The van der Waals surface area contributed by atoms with E-state index in [1.807, 2.05) is 0 Å². The zero-order valence-electron chi connectivity index (χ0n) is 10.8. The van der Waals surface area contributed by atoms with Crippen LogP contribution in [-0.2, 0) is 0 Å². The van der Waals surface area contributed by atoms with Crippen LogP contribution in [0.15, 0.2) is 40.0 Å². The van der Waals surface area contributed by atoms with Crippen LogP contribution < -0.4 is 10.9 Å². The van der Waals surface area contributed by atoms with E-state index in [-0.39, 0.29) is 5.56 Å². The number of nitrogens with one attached hydrogen (secondary N) is 2. The Labute approximate surface area is 122 Å². The molecule has 0 saturated heterocycles. The predicted molar refractivity (Wildman–Crippen MR) is 73.3 cm³/mol. The summed E-state index contributed by atoms with van der Waals surface area (Å²) in [5, 5.41) is 7.56. The number of hydrogen-bond donors (Lipinski definition) is 2. The van der Waals surface area contributed by atoms with Crippen molar-refractivity contribution in [3.63, 3.8) is 0 Å². The molecule has 3 aromatic rings. The van der Waals surface area contributed by atoms with Gasteiger partial charge in [0.2, 0.25) is 11.1 Å². The summed E-state index contributed by atoms with van der Waals surface area (Å²) in [5.74, 6) is 0.684. The highest BCUT2D eigenvalue weighted by Gasteiger charge is 2.10. The topological polar surface area (TPSA) is 127 Å². The Balaban J connectivity index is 1.98. The molecule has 0 unspecified atom stereocenters. The van der Waals surface area contributed by atoms with Crippen molar-refractivity contribution in [2.75, 3.05) is 12.4 Å². The number of nitrogens with zero attached hydrogens (tertiary/aromatic N) is 7. The van der Waals surface area contributed by atoms with Crippen LogP contribution >= 0.6 is 11.8 Å². The molecule has 10 nitrogen and oxygen atoms in total. The fourth-order valence-electron chi connectivity index (χ4n) is 1.41. The van der Waals surface area contributed by atoms with Crippen molar-refractivity contribution in [2.45, 2.75) is 10.3 Å². The lowest BCUT2D eigenvalue weighted by molar-refractivity contribution is 0.759. The molecule has 0 amide bonds. The lowest BCUT2D eigenvalue weighted by atomic mass is 10.7. The molecule has 0 spiro atoms. The number of rotatable bonds is 4. The molecule has 0 atom stereocenters. The van der Waals surface area contributed by atoms with E-state index < -0.39 is 0 Å². The maximum absolute atomic E-state index is 11.3. The van der Waals surface area contributed by atoms with Crippen molar-refractivity contribution >= 4 is 17.7 Å². The average molecular weight is 303 g/mol. The molecule has 21 heavy (non-hydrogen) atoms. The van der Waals surface area contributed by atoms with Crippen molar-refractivity contribution < 1.29 is 0 Å². The van der Waals surface area contributed by atoms with E-state index in [0.717, 1.165) is 11.8 Å². The summed E-state index contributed by atoms with van der Waals surface area (Å²) in [6.45, 7) is 0.